The first kappa shape index (κ1) is 13.5. The highest BCUT2D eigenvalue weighted by molar-refractivity contribution is 9.10. The molecule has 0 aliphatic rings. The summed E-state index contributed by atoms with van der Waals surface area (Å²) < 4.78 is 5.85. The van der Waals surface area contributed by atoms with Gasteiger partial charge in [0.2, 0.25) is 0 Å². The summed E-state index contributed by atoms with van der Waals surface area (Å²) in [5.74, 6) is 0.523. The molecule has 98 valence electrons. The molecule has 0 bridgehead atoms. The Kier molecular flexibility index (Phi) is 4.46. The van der Waals surface area contributed by atoms with E-state index in [-0.39, 0.29) is 5.91 Å². The zero-order valence-electron chi connectivity index (χ0n) is 10.3. The molecule has 1 amide bonds. The van der Waals surface area contributed by atoms with Crippen LogP contribution in [0.25, 0.3) is 0 Å². The number of hydrogen-bond acceptors (Lipinski definition) is 4. The van der Waals surface area contributed by atoms with Gasteiger partial charge in [0.15, 0.2) is 0 Å². The van der Waals surface area contributed by atoms with Crippen LogP contribution < -0.4 is 10.1 Å². The minimum absolute atomic E-state index is 0.165. The molecular weight excluding hydrogens is 310 g/mol. The molecular formula is C13H12BrN3O2. The van der Waals surface area contributed by atoms with E-state index in [1.807, 2.05) is 0 Å². The Labute approximate surface area is 119 Å². The molecule has 1 aromatic heterocycles. The number of ether oxygens (including phenoxy) is 1. The highest BCUT2D eigenvalue weighted by atomic mass is 79.9. The molecule has 0 aliphatic carbocycles. The summed E-state index contributed by atoms with van der Waals surface area (Å²) in [6.07, 6.45) is 3.09. The summed E-state index contributed by atoms with van der Waals surface area (Å²) in [6.45, 7) is 0.366. The molecule has 6 heteroatoms. The number of carbonyl (C=O) groups is 1. The van der Waals surface area contributed by atoms with Crippen LogP contribution in [0.15, 0.2) is 41.3 Å². The average Bonchev–Trinajstić information content (AvgIpc) is 2.45. The molecule has 1 N–H and O–H groups in total. The lowest BCUT2D eigenvalue weighted by molar-refractivity contribution is 0.0950. The van der Waals surface area contributed by atoms with Crippen molar-refractivity contribution in [1.82, 2.24) is 15.3 Å². The molecule has 1 aromatic carbocycles. The topological polar surface area (TPSA) is 64.1 Å². The van der Waals surface area contributed by atoms with Gasteiger partial charge >= 0.3 is 0 Å². The molecule has 19 heavy (non-hydrogen) atoms. The lowest BCUT2D eigenvalue weighted by atomic mass is 10.2. The van der Waals surface area contributed by atoms with Crippen LogP contribution in [0, 0.1) is 0 Å². The van der Waals surface area contributed by atoms with Crippen molar-refractivity contribution in [3.63, 3.8) is 0 Å². The molecule has 1 heterocycles. The minimum Gasteiger partial charge on any atom is -0.496 e. The third kappa shape index (κ3) is 3.51. The molecule has 0 fully saturated rings. The maximum atomic E-state index is 12.0. The standard InChI is InChI=1S/C13H12BrN3O2/c1-19-12-3-2-9(6-11(12)14)13(18)16-7-10-4-5-15-8-17-10/h2-6,8H,7H2,1H3,(H,16,18). The summed E-state index contributed by atoms with van der Waals surface area (Å²) in [5.41, 5.74) is 1.32. The second-order valence-electron chi connectivity index (χ2n) is 3.73. The Morgan fingerprint density at radius 1 is 1.42 bits per heavy atom. The van der Waals surface area contributed by atoms with Crippen molar-refractivity contribution in [1.29, 1.82) is 0 Å². The molecule has 0 saturated carbocycles. The maximum absolute atomic E-state index is 12.0. The van der Waals surface area contributed by atoms with E-state index in [0.717, 1.165) is 10.2 Å². The second kappa shape index (κ2) is 6.29. The lowest BCUT2D eigenvalue weighted by Crippen LogP contribution is -2.23. The molecule has 0 unspecified atom stereocenters. The van der Waals surface area contributed by atoms with Crippen LogP contribution in [-0.4, -0.2) is 23.0 Å². The molecule has 2 aromatic rings. The number of rotatable bonds is 4. The summed E-state index contributed by atoms with van der Waals surface area (Å²) in [7, 11) is 1.58. The molecule has 0 atom stereocenters. The Hall–Kier alpha value is -1.95. The third-order valence-corrected chi connectivity index (χ3v) is 3.11. The van der Waals surface area contributed by atoms with Gasteiger partial charge in [0.05, 0.1) is 23.8 Å². The minimum atomic E-state index is -0.165. The van der Waals surface area contributed by atoms with Gasteiger partial charge in [-0.3, -0.25) is 4.79 Å². The SMILES string of the molecule is COc1ccc(C(=O)NCc2ccncn2)cc1Br. The van der Waals surface area contributed by atoms with Gasteiger partial charge in [0.25, 0.3) is 5.91 Å². The van der Waals surface area contributed by atoms with Crippen LogP contribution in [-0.2, 0) is 6.54 Å². The van der Waals surface area contributed by atoms with E-state index >= 15 is 0 Å². The van der Waals surface area contributed by atoms with E-state index in [0.29, 0.717) is 17.9 Å². The van der Waals surface area contributed by atoms with Gasteiger partial charge in [-0.1, -0.05) is 0 Å². The summed E-state index contributed by atoms with van der Waals surface area (Å²) in [4.78, 5) is 19.8. The average molecular weight is 322 g/mol. The van der Waals surface area contributed by atoms with Crippen molar-refractivity contribution in [3.05, 3.63) is 52.5 Å². The van der Waals surface area contributed by atoms with E-state index in [1.165, 1.54) is 6.33 Å². The number of methoxy groups -OCH3 is 1. The number of nitrogens with one attached hydrogen (secondary N) is 1. The normalized spacial score (nSPS) is 10.0. The Morgan fingerprint density at radius 2 is 2.26 bits per heavy atom. The number of nitrogens with zero attached hydrogens (tertiary/aromatic N) is 2. The van der Waals surface area contributed by atoms with Crippen LogP contribution in [0.1, 0.15) is 16.1 Å². The molecule has 0 radical (unpaired) electrons. The van der Waals surface area contributed by atoms with E-state index in [2.05, 4.69) is 31.2 Å². The molecule has 0 aliphatic heterocycles. The van der Waals surface area contributed by atoms with E-state index in [4.69, 9.17) is 4.74 Å². The van der Waals surface area contributed by atoms with Crippen molar-refractivity contribution in [2.45, 2.75) is 6.54 Å². The molecule has 0 spiro atoms. The summed E-state index contributed by atoms with van der Waals surface area (Å²) in [6, 6.07) is 6.92. The first-order valence-electron chi connectivity index (χ1n) is 5.57. The Morgan fingerprint density at radius 3 is 2.89 bits per heavy atom. The van der Waals surface area contributed by atoms with Gasteiger partial charge in [0, 0.05) is 11.8 Å². The fourth-order valence-corrected chi connectivity index (χ4v) is 2.04. The van der Waals surface area contributed by atoms with Crippen LogP contribution in [0.2, 0.25) is 0 Å². The quantitative estimate of drug-likeness (QED) is 0.937. The number of amides is 1. The first-order chi connectivity index (χ1) is 9.20. The largest absolute Gasteiger partial charge is 0.496 e. The Balaban J connectivity index is 2.02. The fourth-order valence-electron chi connectivity index (χ4n) is 1.50. The van der Waals surface area contributed by atoms with Crippen molar-refractivity contribution >= 4 is 21.8 Å². The van der Waals surface area contributed by atoms with Crippen molar-refractivity contribution in [3.8, 4) is 5.75 Å². The van der Waals surface area contributed by atoms with Gasteiger partial charge in [-0.05, 0) is 40.2 Å². The van der Waals surface area contributed by atoms with Gasteiger partial charge in [-0.15, -0.1) is 0 Å². The van der Waals surface area contributed by atoms with Crippen LogP contribution >= 0.6 is 15.9 Å². The van der Waals surface area contributed by atoms with Crippen LogP contribution in [0.4, 0.5) is 0 Å². The number of halogens is 1. The van der Waals surface area contributed by atoms with Crippen molar-refractivity contribution in [2.75, 3.05) is 7.11 Å². The first-order valence-corrected chi connectivity index (χ1v) is 6.36. The fraction of sp³-hybridized carbons (Fsp3) is 0.154. The van der Waals surface area contributed by atoms with Gasteiger partial charge in [-0.2, -0.15) is 0 Å². The summed E-state index contributed by atoms with van der Waals surface area (Å²) >= 11 is 3.35. The lowest BCUT2D eigenvalue weighted by Gasteiger charge is -2.07. The maximum Gasteiger partial charge on any atom is 0.251 e. The van der Waals surface area contributed by atoms with Crippen molar-refractivity contribution in [2.24, 2.45) is 0 Å². The zero-order valence-corrected chi connectivity index (χ0v) is 11.8. The highest BCUT2D eigenvalue weighted by Gasteiger charge is 2.08. The molecule has 0 saturated heterocycles. The predicted molar refractivity (Wildman–Crippen MR) is 73.9 cm³/mol. The van der Waals surface area contributed by atoms with E-state index in [9.17, 15) is 4.79 Å². The smallest absolute Gasteiger partial charge is 0.251 e. The second-order valence-corrected chi connectivity index (χ2v) is 4.59. The molecule has 2 rings (SSSR count). The van der Waals surface area contributed by atoms with Gasteiger partial charge < -0.3 is 10.1 Å². The summed E-state index contributed by atoms with van der Waals surface area (Å²) in [5, 5.41) is 2.79. The van der Waals surface area contributed by atoms with Crippen LogP contribution in [0.3, 0.4) is 0 Å². The van der Waals surface area contributed by atoms with E-state index in [1.54, 1.807) is 37.6 Å². The van der Waals surface area contributed by atoms with Gasteiger partial charge in [-0.25, -0.2) is 9.97 Å². The van der Waals surface area contributed by atoms with Gasteiger partial charge in [0.1, 0.15) is 12.1 Å². The monoisotopic (exact) mass is 321 g/mol. The number of hydrogen-bond donors (Lipinski definition) is 1. The third-order valence-electron chi connectivity index (χ3n) is 2.49. The van der Waals surface area contributed by atoms with Crippen LogP contribution in [0.5, 0.6) is 5.75 Å². The van der Waals surface area contributed by atoms with Crippen molar-refractivity contribution < 1.29 is 9.53 Å². The zero-order chi connectivity index (χ0) is 13.7. The number of aromatic nitrogens is 2. The highest BCUT2D eigenvalue weighted by Crippen LogP contribution is 2.25. The van der Waals surface area contributed by atoms with E-state index < -0.39 is 0 Å². The number of benzene rings is 1. The Bertz CT molecular complexity index is 575. The predicted octanol–water partition coefficient (Wildman–Crippen LogP) is 2.18. The number of carbonyl (C=O) groups excluding carboxylic acids is 1. The molecule has 5 nitrogen and oxygen atoms in total.